The summed E-state index contributed by atoms with van der Waals surface area (Å²) in [6.07, 6.45) is 1.89. The maximum absolute atomic E-state index is 11.7. The zero-order valence-electron chi connectivity index (χ0n) is 11.9. The lowest BCUT2D eigenvalue weighted by molar-refractivity contribution is -0.146. The molecule has 1 rings (SSSR count). The van der Waals surface area contributed by atoms with E-state index in [1.807, 2.05) is 6.92 Å². The van der Waals surface area contributed by atoms with E-state index in [-0.39, 0.29) is 18.6 Å². The number of rotatable bonds is 5. The predicted molar refractivity (Wildman–Crippen MR) is 71.0 cm³/mol. The fourth-order valence-corrected chi connectivity index (χ4v) is 1.97. The van der Waals surface area contributed by atoms with Gasteiger partial charge in [-0.05, 0) is 39.5 Å². The van der Waals surface area contributed by atoms with Crippen molar-refractivity contribution in [2.75, 3.05) is 19.8 Å². The molecule has 2 amide bonds. The standard InChI is InChI=1S/C13H24N2O4/c1-9(10-4-6-19-7-5-10)15-12(18)14-8-13(2,3)11(16)17/h9-10H,4-8H2,1-3H3,(H,16,17)(H2,14,15,18). The Morgan fingerprint density at radius 2 is 1.95 bits per heavy atom. The second kappa shape index (κ2) is 6.75. The summed E-state index contributed by atoms with van der Waals surface area (Å²) < 4.78 is 5.28. The molecule has 0 bridgehead atoms. The minimum Gasteiger partial charge on any atom is -0.481 e. The Kier molecular flexibility index (Phi) is 5.60. The highest BCUT2D eigenvalue weighted by atomic mass is 16.5. The molecule has 0 aromatic heterocycles. The summed E-state index contributed by atoms with van der Waals surface area (Å²) in [5.74, 6) is -0.503. The number of amides is 2. The van der Waals surface area contributed by atoms with Gasteiger partial charge in [-0.25, -0.2) is 4.79 Å². The molecule has 1 aliphatic heterocycles. The van der Waals surface area contributed by atoms with Crippen LogP contribution in [0.1, 0.15) is 33.6 Å². The number of carboxylic acids is 1. The second-order valence-electron chi connectivity index (χ2n) is 5.75. The summed E-state index contributed by atoms with van der Waals surface area (Å²) in [5.41, 5.74) is -0.959. The monoisotopic (exact) mass is 272 g/mol. The van der Waals surface area contributed by atoms with Gasteiger partial charge in [0.15, 0.2) is 0 Å². The predicted octanol–water partition coefficient (Wildman–Crippen LogP) is 1.21. The molecular weight excluding hydrogens is 248 g/mol. The highest BCUT2D eigenvalue weighted by Gasteiger charge is 2.28. The molecule has 1 atom stereocenters. The molecule has 1 fully saturated rings. The highest BCUT2D eigenvalue weighted by Crippen LogP contribution is 2.18. The lowest BCUT2D eigenvalue weighted by Gasteiger charge is -2.29. The smallest absolute Gasteiger partial charge is 0.315 e. The molecule has 0 aliphatic carbocycles. The van der Waals surface area contributed by atoms with Gasteiger partial charge in [-0.2, -0.15) is 0 Å². The van der Waals surface area contributed by atoms with Crippen molar-refractivity contribution in [2.45, 2.75) is 39.7 Å². The topological polar surface area (TPSA) is 87.7 Å². The van der Waals surface area contributed by atoms with E-state index in [2.05, 4.69) is 10.6 Å². The van der Waals surface area contributed by atoms with Crippen LogP contribution < -0.4 is 10.6 Å². The molecule has 0 spiro atoms. The molecule has 1 heterocycles. The number of aliphatic carboxylic acids is 1. The Bertz CT molecular complexity index is 325. The van der Waals surface area contributed by atoms with Crippen molar-refractivity contribution in [3.05, 3.63) is 0 Å². The number of hydrogen-bond donors (Lipinski definition) is 3. The lowest BCUT2D eigenvalue weighted by Crippen LogP contribution is -2.48. The van der Waals surface area contributed by atoms with E-state index in [0.717, 1.165) is 26.1 Å². The third kappa shape index (κ3) is 5.06. The Hall–Kier alpha value is -1.30. The summed E-state index contributed by atoms with van der Waals surface area (Å²) in [5, 5.41) is 14.4. The van der Waals surface area contributed by atoms with Crippen molar-refractivity contribution in [1.82, 2.24) is 10.6 Å². The van der Waals surface area contributed by atoms with Gasteiger partial charge >= 0.3 is 12.0 Å². The number of nitrogens with one attached hydrogen (secondary N) is 2. The maximum atomic E-state index is 11.7. The molecule has 1 unspecified atom stereocenters. The van der Waals surface area contributed by atoms with E-state index in [0.29, 0.717) is 5.92 Å². The number of urea groups is 1. The van der Waals surface area contributed by atoms with Crippen LogP contribution in [0.3, 0.4) is 0 Å². The molecule has 6 nitrogen and oxygen atoms in total. The van der Waals surface area contributed by atoms with E-state index in [1.54, 1.807) is 13.8 Å². The third-order valence-electron chi connectivity index (χ3n) is 3.60. The van der Waals surface area contributed by atoms with Gasteiger partial charge in [0.05, 0.1) is 5.41 Å². The van der Waals surface area contributed by atoms with E-state index >= 15 is 0 Å². The van der Waals surface area contributed by atoms with Crippen LogP contribution in [0.2, 0.25) is 0 Å². The second-order valence-corrected chi connectivity index (χ2v) is 5.75. The number of carbonyl (C=O) groups excluding carboxylic acids is 1. The van der Waals surface area contributed by atoms with E-state index in [4.69, 9.17) is 9.84 Å². The van der Waals surface area contributed by atoms with Gasteiger partial charge in [-0.15, -0.1) is 0 Å². The summed E-state index contributed by atoms with van der Waals surface area (Å²) in [6, 6.07) is -0.245. The first-order valence-corrected chi connectivity index (χ1v) is 6.68. The quantitative estimate of drug-likeness (QED) is 0.702. The summed E-state index contributed by atoms with van der Waals surface area (Å²) >= 11 is 0. The molecule has 110 valence electrons. The third-order valence-corrected chi connectivity index (χ3v) is 3.60. The molecule has 0 saturated carbocycles. The summed E-state index contributed by atoms with van der Waals surface area (Å²) in [4.78, 5) is 22.6. The maximum Gasteiger partial charge on any atom is 0.315 e. The molecule has 1 saturated heterocycles. The van der Waals surface area contributed by atoms with Crippen LogP contribution in [-0.2, 0) is 9.53 Å². The zero-order chi connectivity index (χ0) is 14.5. The van der Waals surface area contributed by atoms with Crippen LogP contribution >= 0.6 is 0 Å². The van der Waals surface area contributed by atoms with Crippen molar-refractivity contribution < 1.29 is 19.4 Å². The molecule has 1 aliphatic rings. The van der Waals surface area contributed by atoms with Crippen molar-refractivity contribution in [3.8, 4) is 0 Å². The zero-order valence-corrected chi connectivity index (χ0v) is 11.9. The number of carbonyl (C=O) groups is 2. The molecule has 0 aromatic rings. The van der Waals surface area contributed by atoms with Gasteiger partial charge in [0.25, 0.3) is 0 Å². The van der Waals surface area contributed by atoms with Crippen LogP contribution in [0.5, 0.6) is 0 Å². The van der Waals surface area contributed by atoms with Crippen molar-refractivity contribution in [1.29, 1.82) is 0 Å². The summed E-state index contributed by atoms with van der Waals surface area (Å²) in [6.45, 7) is 6.72. The largest absolute Gasteiger partial charge is 0.481 e. The molecule has 0 aromatic carbocycles. The molecular formula is C13H24N2O4. The van der Waals surface area contributed by atoms with Gasteiger partial charge in [0, 0.05) is 25.8 Å². The van der Waals surface area contributed by atoms with Gasteiger partial charge in [-0.3, -0.25) is 4.79 Å². The molecule has 19 heavy (non-hydrogen) atoms. The average molecular weight is 272 g/mol. The minimum atomic E-state index is -0.959. The first-order valence-electron chi connectivity index (χ1n) is 6.68. The summed E-state index contributed by atoms with van der Waals surface area (Å²) in [7, 11) is 0. The fourth-order valence-electron chi connectivity index (χ4n) is 1.97. The lowest BCUT2D eigenvalue weighted by atomic mass is 9.93. The number of hydrogen-bond acceptors (Lipinski definition) is 3. The molecule has 0 radical (unpaired) electrons. The van der Waals surface area contributed by atoms with Crippen molar-refractivity contribution >= 4 is 12.0 Å². The first kappa shape index (κ1) is 15.8. The van der Waals surface area contributed by atoms with Crippen molar-refractivity contribution in [2.24, 2.45) is 11.3 Å². The first-order chi connectivity index (χ1) is 8.83. The van der Waals surface area contributed by atoms with E-state index in [9.17, 15) is 9.59 Å². The Labute approximate surface area is 113 Å². The minimum absolute atomic E-state index is 0.0665. The van der Waals surface area contributed by atoms with Crippen LogP contribution in [-0.4, -0.2) is 42.9 Å². The van der Waals surface area contributed by atoms with Crippen LogP contribution in [0.4, 0.5) is 4.79 Å². The Morgan fingerprint density at radius 3 is 2.47 bits per heavy atom. The van der Waals surface area contributed by atoms with Gasteiger partial charge < -0.3 is 20.5 Å². The van der Waals surface area contributed by atoms with E-state index < -0.39 is 11.4 Å². The highest BCUT2D eigenvalue weighted by molar-refractivity contribution is 5.77. The van der Waals surface area contributed by atoms with Gasteiger partial charge in [-0.1, -0.05) is 0 Å². The fraction of sp³-hybridized carbons (Fsp3) is 0.846. The SMILES string of the molecule is CC(NC(=O)NCC(C)(C)C(=O)O)C1CCOCC1. The number of carboxylic acid groups (broad SMARTS) is 1. The van der Waals surface area contributed by atoms with Crippen LogP contribution in [0.15, 0.2) is 0 Å². The molecule has 6 heteroatoms. The normalized spacial score (nSPS) is 18.7. The number of ether oxygens (including phenoxy) is 1. The Balaban J connectivity index is 2.32. The molecule has 3 N–H and O–H groups in total. The van der Waals surface area contributed by atoms with Gasteiger partial charge in [0.1, 0.15) is 0 Å². The van der Waals surface area contributed by atoms with Crippen LogP contribution in [0, 0.1) is 11.3 Å². The Morgan fingerprint density at radius 1 is 1.37 bits per heavy atom. The van der Waals surface area contributed by atoms with Gasteiger partial charge in [0.2, 0.25) is 0 Å². The van der Waals surface area contributed by atoms with E-state index in [1.165, 1.54) is 0 Å². The van der Waals surface area contributed by atoms with Crippen molar-refractivity contribution in [3.63, 3.8) is 0 Å². The van der Waals surface area contributed by atoms with Crippen LogP contribution in [0.25, 0.3) is 0 Å². The average Bonchev–Trinajstić information content (AvgIpc) is 2.37.